The topological polar surface area (TPSA) is 85.8 Å². The number of rotatable bonds is 6. The molecule has 9 heteroatoms. The fourth-order valence-corrected chi connectivity index (χ4v) is 3.25. The predicted octanol–water partition coefficient (Wildman–Crippen LogP) is 2.13. The van der Waals surface area contributed by atoms with E-state index in [9.17, 15) is 4.79 Å². The molecule has 1 aromatic carbocycles. The van der Waals surface area contributed by atoms with E-state index in [-0.39, 0.29) is 29.9 Å². The molecule has 0 radical (unpaired) electrons. The van der Waals surface area contributed by atoms with Gasteiger partial charge in [-0.2, -0.15) is 0 Å². The van der Waals surface area contributed by atoms with Gasteiger partial charge in [0.1, 0.15) is 0 Å². The largest absolute Gasteiger partial charge is 0.352 e. The van der Waals surface area contributed by atoms with Crippen molar-refractivity contribution < 1.29 is 4.79 Å². The summed E-state index contributed by atoms with van der Waals surface area (Å²) in [5.74, 6) is 1.60. The van der Waals surface area contributed by atoms with Crippen molar-refractivity contribution in [3.05, 3.63) is 53.9 Å². The Kier molecular flexibility index (Phi) is 9.78. The minimum Gasteiger partial charge on any atom is -0.352 e. The molecule has 0 atom stereocenters. The first-order valence-corrected chi connectivity index (χ1v) is 10.1. The normalized spacial score (nSPS) is 14.1. The van der Waals surface area contributed by atoms with Crippen LogP contribution in [0.15, 0.2) is 47.7 Å². The van der Waals surface area contributed by atoms with Crippen molar-refractivity contribution in [3.8, 4) is 0 Å². The van der Waals surface area contributed by atoms with E-state index in [0.717, 1.165) is 50.1 Å². The number of hydrogen-bond acceptors (Lipinski definition) is 5. The number of hydrogen-bond donors (Lipinski definition) is 2. The summed E-state index contributed by atoms with van der Waals surface area (Å²) in [6.07, 6.45) is 4.46. The molecule has 2 heterocycles. The number of amides is 1. The molecule has 8 nitrogen and oxygen atoms in total. The van der Waals surface area contributed by atoms with Crippen molar-refractivity contribution in [2.45, 2.75) is 19.9 Å². The molecule has 2 aromatic rings. The Labute approximate surface area is 195 Å². The van der Waals surface area contributed by atoms with E-state index in [4.69, 9.17) is 0 Å². The summed E-state index contributed by atoms with van der Waals surface area (Å²) in [6, 6.07) is 9.53. The number of anilines is 1. The summed E-state index contributed by atoms with van der Waals surface area (Å²) in [5.41, 5.74) is 1.73. The Morgan fingerprint density at radius 3 is 2.50 bits per heavy atom. The number of aromatic nitrogens is 2. The van der Waals surface area contributed by atoms with E-state index in [2.05, 4.69) is 35.4 Å². The van der Waals surface area contributed by atoms with Gasteiger partial charge in [0.2, 0.25) is 5.95 Å². The van der Waals surface area contributed by atoms with E-state index < -0.39 is 0 Å². The molecule has 0 unspecified atom stereocenters. The third kappa shape index (κ3) is 6.54. The van der Waals surface area contributed by atoms with Gasteiger partial charge in [-0.05, 0) is 30.2 Å². The molecule has 162 valence electrons. The van der Waals surface area contributed by atoms with E-state index in [1.165, 1.54) is 0 Å². The summed E-state index contributed by atoms with van der Waals surface area (Å²) in [5, 5.41) is 6.33. The lowest BCUT2D eigenvalue weighted by molar-refractivity contribution is 0.0953. The molecule has 1 aromatic heterocycles. The first-order valence-electron chi connectivity index (χ1n) is 10.1. The molecular formula is C21H30IN7O. The van der Waals surface area contributed by atoms with E-state index >= 15 is 0 Å². The minimum absolute atomic E-state index is 0. The van der Waals surface area contributed by atoms with Crippen LogP contribution in [0.25, 0.3) is 0 Å². The van der Waals surface area contributed by atoms with Gasteiger partial charge in [0, 0.05) is 64.3 Å². The monoisotopic (exact) mass is 523 g/mol. The Hall–Kier alpha value is -2.43. The number of nitrogens with one attached hydrogen (secondary N) is 2. The second-order valence-corrected chi connectivity index (χ2v) is 6.88. The van der Waals surface area contributed by atoms with Gasteiger partial charge in [0.25, 0.3) is 5.91 Å². The molecule has 0 saturated carbocycles. The van der Waals surface area contributed by atoms with Gasteiger partial charge in [-0.3, -0.25) is 9.79 Å². The van der Waals surface area contributed by atoms with Gasteiger partial charge in [-0.15, -0.1) is 24.0 Å². The van der Waals surface area contributed by atoms with E-state index in [1.54, 1.807) is 19.4 Å². The average Bonchev–Trinajstić information content (AvgIpc) is 2.79. The van der Waals surface area contributed by atoms with Gasteiger partial charge >= 0.3 is 0 Å². The van der Waals surface area contributed by atoms with Crippen LogP contribution in [0.3, 0.4) is 0 Å². The zero-order valence-electron chi connectivity index (χ0n) is 17.5. The maximum Gasteiger partial charge on any atom is 0.251 e. The fourth-order valence-electron chi connectivity index (χ4n) is 3.25. The minimum atomic E-state index is -0.0302. The van der Waals surface area contributed by atoms with Crippen LogP contribution in [-0.2, 0) is 6.54 Å². The molecule has 0 bridgehead atoms. The number of halogens is 1. The summed E-state index contributed by atoms with van der Waals surface area (Å²) in [6.45, 7) is 6.72. The molecule has 2 N–H and O–H groups in total. The number of aliphatic imine (C=N–C) groups is 1. The van der Waals surface area contributed by atoms with Crippen LogP contribution >= 0.6 is 24.0 Å². The summed E-state index contributed by atoms with van der Waals surface area (Å²) < 4.78 is 0. The van der Waals surface area contributed by atoms with Gasteiger partial charge < -0.3 is 20.4 Å². The van der Waals surface area contributed by atoms with Gasteiger partial charge in [-0.25, -0.2) is 9.97 Å². The van der Waals surface area contributed by atoms with E-state index in [0.29, 0.717) is 18.7 Å². The lowest BCUT2D eigenvalue weighted by Gasteiger charge is -2.36. The maximum atomic E-state index is 12.2. The highest BCUT2D eigenvalue weighted by Crippen LogP contribution is 2.10. The summed E-state index contributed by atoms with van der Waals surface area (Å²) >= 11 is 0. The van der Waals surface area contributed by atoms with Crippen LogP contribution in [0.4, 0.5) is 5.95 Å². The van der Waals surface area contributed by atoms with Crippen LogP contribution in [0.5, 0.6) is 0 Å². The Morgan fingerprint density at radius 2 is 1.83 bits per heavy atom. The fraction of sp³-hybridized carbons (Fsp3) is 0.429. The Balaban J connectivity index is 0.00000320. The van der Waals surface area contributed by atoms with Crippen LogP contribution < -0.4 is 15.5 Å². The number of carbonyl (C=O) groups is 1. The van der Waals surface area contributed by atoms with E-state index in [1.807, 2.05) is 37.3 Å². The van der Waals surface area contributed by atoms with Crippen LogP contribution in [-0.4, -0.2) is 66.5 Å². The van der Waals surface area contributed by atoms with Crippen molar-refractivity contribution in [2.24, 2.45) is 4.99 Å². The second kappa shape index (κ2) is 12.3. The number of guanidine groups is 1. The summed E-state index contributed by atoms with van der Waals surface area (Å²) in [7, 11) is 1.80. The molecular weight excluding hydrogens is 493 g/mol. The molecule has 1 aliphatic heterocycles. The number of nitrogens with zero attached hydrogens (tertiary/aromatic N) is 5. The van der Waals surface area contributed by atoms with Crippen molar-refractivity contribution in [3.63, 3.8) is 0 Å². The zero-order chi connectivity index (χ0) is 20.5. The lowest BCUT2D eigenvalue weighted by Crippen LogP contribution is -2.52. The zero-order valence-corrected chi connectivity index (χ0v) is 19.9. The molecule has 1 fully saturated rings. The summed E-state index contributed by atoms with van der Waals surface area (Å²) in [4.78, 5) is 29.7. The molecule has 0 spiro atoms. The first-order chi connectivity index (χ1) is 14.2. The average molecular weight is 523 g/mol. The third-order valence-corrected chi connectivity index (χ3v) is 4.80. The molecule has 1 aliphatic rings. The lowest BCUT2D eigenvalue weighted by atomic mass is 10.1. The van der Waals surface area contributed by atoms with Gasteiger partial charge in [-0.1, -0.05) is 19.1 Å². The van der Waals surface area contributed by atoms with Crippen molar-refractivity contribution in [2.75, 3.05) is 44.7 Å². The van der Waals surface area contributed by atoms with Crippen molar-refractivity contribution in [1.29, 1.82) is 0 Å². The first kappa shape index (κ1) is 23.8. The molecule has 1 amide bonds. The number of benzene rings is 1. The quantitative estimate of drug-likeness (QED) is 0.343. The van der Waals surface area contributed by atoms with Crippen LogP contribution in [0.2, 0.25) is 0 Å². The van der Waals surface area contributed by atoms with Gasteiger partial charge in [0.05, 0.1) is 0 Å². The number of piperazine rings is 1. The molecule has 1 saturated heterocycles. The SMILES string of the molecule is CCCNC(=O)c1cccc(CNC(=NC)N2CCN(c3ncccn3)CC2)c1.I. The van der Waals surface area contributed by atoms with Gasteiger partial charge in [0.15, 0.2) is 5.96 Å². The standard InChI is InChI=1S/C21H29N7O.HI/c1-3-8-23-19(29)18-7-4-6-17(15-18)16-26-20(22-2)27-11-13-28(14-12-27)21-24-9-5-10-25-21;/h4-7,9-10,15H,3,8,11-14,16H2,1-2H3,(H,22,26)(H,23,29);1H. The third-order valence-electron chi connectivity index (χ3n) is 4.80. The van der Waals surface area contributed by atoms with Crippen molar-refractivity contribution >= 4 is 41.8 Å². The second-order valence-electron chi connectivity index (χ2n) is 6.88. The molecule has 3 rings (SSSR count). The Morgan fingerprint density at radius 1 is 1.10 bits per heavy atom. The Bertz CT molecular complexity index is 823. The predicted molar refractivity (Wildman–Crippen MR) is 130 cm³/mol. The highest BCUT2D eigenvalue weighted by Gasteiger charge is 2.21. The molecule has 30 heavy (non-hydrogen) atoms. The molecule has 0 aliphatic carbocycles. The highest BCUT2D eigenvalue weighted by molar-refractivity contribution is 14.0. The van der Waals surface area contributed by atoms with Crippen molar-refractivity contribution in [1.82, 2.24) is 25.5 Å². The number of carbonyl (C=O) groups excluding carboxylic acids is 1. The maximum absolute atomic E-state index is 12.2. The van der Waals surface area contributed by atoms with Crippen LogP contribution in [0.1, 0.15) is 29.3 Å². The van der Waals surface area contributed by atoms with Crippen LogP contribution in [0, 0.1) is 0 Å². The smallest absolute Gasteiger partial charge is 0.251 e. The highest BCUT2D eigenvalue weighted by atomic mass is 127.